The molecule has 4 heteroatoms. The van der Waals surface area contributed by atoms with E-state index in [9.17, 15) is 0 Å². The molecule has 10 heavy (non-hydrogen) atoms. The molecular formula is C6H5ClN2S. The second-order valence-electron chi connectivity index (χ2n) is 1.79. The van der Waals surface area contributed by atoms with Gasteiger partial charge >= 0.3 is 0 Å². The van der Waals surface area contributed by atoms with Crippen molar-refractivity contribution in [3.63, 3.8) is 0 Å². The Hall–Kier alpha value is -0.540. The molecule has 0 atom stereocenters. The van der Waals surface area contributed by atoms with Gasteiger partial charge in [0.25, 0.3) is 0 Å². The van der Waals surface area contributed by atoms with E-state index in [1.165, 1.54) is 0 Å². The molecule has 0 aliphatic rings. The molecule has 1 aromatic rings. The molecule has 0 fully saturated rings. The lowest BCUT2D eigenvalue weighted by molar-refractivity contribution is 1.05. The fraction of sp³-hybridized carbons (Fsp3) is 0.167. The number of hydrogen-bond donors (Lipinski definition) is 0. The third-order valence-electron chi connectivity index (χ3n) is 1.01. The van der Waals surface area contributed by atoms with Gasteiger partial charge in [-0.05, 0) is 6.92 Å². The number of aryl methyl sites for hydroxylation is 1. The maximum absolute atomic E-state index is 5.51. The van der Waals surface area contributed by atoms with Crippen LogP contribution in [0.1, 0.15) is 11.4 Å². The highest BCUT2D eigenvalue weighted by Gasteiger charge is 1.95. The molecule has 1 rings (SSSR count). The van der Waals surface area contributed by atoms with Gasteiger partial charge in [-0.1, -0.05) is 23.8 Å². The van der Waals surface area contributed by atoms with Gasteiger partial charge in [-0.3, -0.25) is 0 Å². The van der Waals surface area contributed by atoms with Crippen molar-refractivity contribution in [3.05, 3.63) is 23.8 Å². The molecule has 0 saturated heterocycles. The predicted octanol–water partition coefficient (Wildman–Crippen LogP) is 1.70. The summed E-state index contributed by atoms with van der Waals surface area (Å²) in [6.45, 7) is 1.81. The van der Waals surface area contributed by atoms with E-state index in [2.05, 4.69) is 9.97 Å². The van der Waals surface area contributed by atoms with Gasteiger partial charge in [0.15, 0.2) is 0 Å². The van der Waals surface area contributed by atoms with Gasteiger partial charge in [0.2, 0.25) is 0 Å². The van der Waals surface area contributed by atoms with Crippen molar-refractivity contribution in [1.29, 1.82) is 0 Å². The molecule has 2 nitrogen and oxygen atoms in total. The number of nitrogens with zero attached hydrogens (tertiary/aromatic N) is 2. The van der Waals surface area contributed by atoms with Crippen LogP contribution in [0.25, 0.3) is 0 Å². The quantitative estimate of drug-likeness (QED) is 0.477. The first-order valence-electron chi connectivity index (χ1n) is 2.68. The van der Waals surface area contributed by atoms with Crippen LogP contribution >= 0.6 is 23.8 Å². The van der Waals surface area contributed by atoms with Gasteiger partial charge in [-0.15, -0.1) is 0 Å². The molecule has 1 aromatic heterocycles. The van der Waals surface area contributed by atoms with Crippen LogP contribution in [-0.2, 0) is 0 Å². The van der Waals surface area contributed by atoms with E-state index in [4.69, 9.17) is 23.8 Å². The van der Waals surface area contributed by atoms with Crippen LogP contribution in [0.15, 0.2) is 12.4 Å². The number of hydrogen-bond acceptors (Lipinski definition) is 3. The molecule has 0 saturated carbocycles. The predicted molar refractivity (Wildman–Crippen MR) is 44.3 cm³/mol. The average Bonchev–Trinajstić information content (AvgIpc) is 1.88. The van der Waals surface area contributed by atoms with Gasteiger partial charge in [0, 0.05) is 18.0 Å². The minimum absolute atomic E-state index is 0.306. The molecular weight excluding hydrogens is 168 g/mol. The van der Waals surface area contributed by atoms with E-state index in [1.807, 2.05) is 0 Å². The Kier molecular flexibility index (Phi) is 2.29. The van der Waals surface area contributed by atoms with Crippen molar-refractivity contribution >= 4 is 28.1 Å². The zero-order valence-electron chi connectivity index (χ0n) is 5.34. The van der Waals surface area contributed by atoms with Crippen LogP contribution in [0.3, 0.4) is 0 Å². The maximum Gasteiger partial charge on any atom is 0.125 e. The molecule has 52 valence electrons. The number of thiocarbonyl (C=S) groups is 1. The Bertz CT molecular complexity index is 244. The average molecular weight is 173 g/mol. The Morgan fingerprint density at radius 2 is 2.00 bits per heavy atom. The first kappa shape index (κ1) is 7.57. The molecule has 0 radical (unpaired) electrons. The minimum atomic E-state index is 0.306. The minimum Gasteiger partial charge on any atom is -0.241 e. The number of aromatic nitrogens is 2. The van der Waals surface area contributed by atoms with E-state index >= 15 is 0 Å². The maximum atomic E-state index is 5.51. The lowest BCUT2D eigenvalue weighted by Gasteiger charge is -1.93. The van der Waals surface area contributed by atoms with E-state index in [1.54, 1.807) is 19.3 Å². The van der Waals surface area contributed by atoms with Crippen molar-refractivity contribution in [2.45, 2.75) is 6.92 Å². The zero-order chi connectivity index (χ0) is 7.56. The largest absolute Gasteiger partial charge is 0.241 e. The summed E-state index contributed by atoms with van der Waals surface area (Å²) in [6.07, 6.45) is 3.22. The highest BCUT2D eigenvalue weighted by Crippen LogP contribution is 2.01. The monoisotopic (exact) mass is 172 g/mol. The van der Waals surface area contributed by atoms with Crippen LogP contribution in [0.4, 0.5) is 0 Å². The molecule has 0 aromatic carbocycles. The second kappa shape index (κ2) is 3.03. The molecule has 0 N–H and O–H groups in total. The van der Waals surface area contributed by atoms with Gasteiger partial charge in [-0.2, -0.15) is 0 Å². The normalized spacial score (nSPS) is 9.40. The summed E-state index contributed by atoms with van der Waals surface area (Å²) < 4.78 is 0.306. The van der Waals surface area contributed by atoms with Crippen molar-refractivity contribution in [3.8, 4) is 0 Å². The lowest BCUT2D eigenvalue weighted by atomic mass is 10.4. The summed E-state index contributed by atoms with van der Waals surface area (Å²) in [6, 6.07) is 0. The van der Waals surface area contributed by atoms with Gasteiger partial charge in [0.05, 0.1) is 0 Å². The summed E-state index contributed by atoms with van der Waals surface area (Å²) in [5.41, 5.74) is 0.697. The molecule has 0 aliphatic heterocycles. The standard InChI is InChI=1S/C6H5ClN2S/c1-4-8-2-5(3-9-4)6(7)10/h2-3H,1H3. The fourth-order valence-corrected chi connectivity index (χ4v) is 0.697. The number of halogens is 1. The van der Waals surface area contributed by atoms with Crippen LogP contribution in [0.5, 0.6) is 0 Å². The van der Waals surface area contributed by atoms with Crippen molar-refractivity contribution in [2.75, 3.05) is 0 Å². The second-order valence-corrected chi connectivity index (χ2v) is 2.80. The highest BCUT2D eigenvalue weighted by atomic mass is 35.5. The van der Waals surface area contributed by atoms with Crippen molar-refractivity contribution in [1.82, 2.24) is 9.97 Å². The van der Waals surface area contributed by atoms with Gasteiger partial charge in [0.1, 0.15) is 10.1 Å². The molecule has 1 heterocycles. The summed E-state index contributed by atoms with van der Waals surface area (Å²) in [7, 11) is 0. The van der Waals surface area contributed by atoms with Crippen molar-refractivity contribution < 1.29 is 0 Å². The summed E-state index contributed by atoms with van der Waals surface area (Å²) >= 11 is 10.2. The molecule has 0 spiro atoms. The highest BCUT2D eigenvalue weighted by molar-refractivity contribution is 7.83. The molecule has 0 aliphatic carbocycles. The van der Waals surface area contributed by atoms with Gasteiger partial charge in [-0.25, -0.2) is 9.97 Å². The Labute approximate surface area is 69.3 Å². The molecule has 0 unspecified atom stereocenters. The van der Waals surface area contributed by atoms with Crippen molar-refractivity contribution in [2.24, 2.45) is 0 Å². The summed E-state index contributed by atoms with van der Waals surface area (Å²) in [5.74, 6) is 0.719. The zero-order valence-corrected chi connectivity index (χ0v) is 6.91. The van der Waals surface area contributed by atoms with Crippen LogP contribution in [0.2, 0.25) is 0 Å². The van der Waals surface area contributed by atoms with E-state index < -0.39 is 0 Å². The SMILES string of the molecule is Cc1ncc(C(=S)Cl)cn1. The van der Waals surface area contributed by atoms with Gasteiger partial charge < -0.3 is 0 Å². The number of rotatable bonds is 1. The first-order chi connectivity index (χ1) is 4.70. The molecule has 0 bridgehead atoms. The summed E-state index contributed by atoms with van der Waals surface area (Å²) in [5, 5.41) is 0. The van der Waals surface area contributed by atoms with Crippen LogP contribution < -0.4 is 0 Å². The van der Waals surface area contributed by atoms with Crippen LogP contribution in [-0.4, -0.2) is 14.3 Å². The fourth-order valence-electron chi connectivity index (χ4n) is 0.494. The Morgan fingerprint density at radius 3 is 2.40 bits per heavy atom. The van der Waals surface area contributed by atoms with E-state index in [-0.39, 0.29) is 0 Å². The van der Waals surface area contributed by atoms with E-state index in [0.29, 0.717) is 9.89 Å². The summed E-state index contributed by atoms with van der Waals surface area (Å²) in [4.78, 5) is 7.83. The Balaban J connectivity index is 3.00. The Morgan fingerprint density at radius 1 is 1.50 bits per heavy atom. The first-order valence-corrected chi connectivity index (χ1v) is 3.47. The third kappa shape index (κ3) is 1.72. The third-order valence-corrected chi connectivity index (χ3v) is 1.46. The smallest absolute Gasteiger partial charge is 0.125 e. The lowest BCUT2D eigenvalue weighted by Crippen LogP contribution is -1.92. The van der Waals surface area contributed by atoms with Crippen LogP contribution in [0, 0.1) is 6.92 Å². The topological polar surface area (TPSA) is 25.8 Å². The molecule has 0 amide bonds. The van der Waals surface area contributed by atoms with E-state index in [0.717, 1.165) is 5.82 Å².